The van der Waals surface area contributed by atoms with Gasteiger partial charge in [0.05, 0.1) is 6.10 Å². The molecule has 6 nitrogen and oxygen atoms in total. The zero-order valence-electron chi connectivity index (χ0n) is 20.1. The smallest absolute Gasteiger partial charge is 0.255 e. The quantitative estimate of drug-likeness (QED) is 0.480. The minimum atomic E-state index is -0.127. The van der Waals surface area contributed by atoms with E-state index in [2.05, 4.69) is 55.2 Å². The number of rotatable bonds is 9. The van der Waals surface area contributed by atoms with Gasteiger partial charge in [0.25, 0.3) is 5.91 Å². The van der Waals surface area contributed by atoms with Crippen LogP contribution < -0.4 is 15.4 Å². The number of hydrogen-bond donors (Lipinski definition) is 2. The van der Waals surface area contributed by atoms with Gasteiger partial charge in [-0.05, 0) is 80.3 Å². The molecule has 2 aromatic carbocycles. The molecule has 0 spiro atoms. The number of anilines is 1. The van der Waals surface area contributed by atoms with Crippen LogP contribution in [-0.2, 0) is 18.3 Å². The number of benzene rings is 2. The predicted molar refractivity (Wildman–Crippen MR) is 133 cm³/mol. The van der Waals surface area contributed by atoms with Gasteiger partial charge < -0.3 is 24.7 Å². The molecule has 1 aliphatic heterocycles. The summed E-state index contributed by atoms with van der Waals surface area (Å²) >= 11 is 0. The maximum absolute atomic E-state index is 12.9. The molecule has 0 radical (unpaired) electrons. The van der Waals surface area contributed by atoms with E-state index in [4.69, 9.17) is 9.47 Å². The van der Waals surface area contributed by atoms with E-state index in [1.54, 1.807) is 12.1 Å². The van der Waals surface area contributed by atoms with Gasteiger partial charge in [-0.2, -0.15) is 0 Å². The molecule has 1 amide bonds. The Bertz CT molecular complexity index is 1100. The lowest BCUT2D eigenvalue weighted by Crippen LogP contribution is -2.20. The van der Waals surface area contributed by atoms with Gasteiger partial charge in [0, 0.05) is 48.0 Å². The second-order valence-electron chi connectivity index (χ2n) is 9.31. The van der Waals surface area contributed by atoms with Crippen LogP contribution in [0.15, 0.2) is 42.5 Å². The molecule has 1 aliphatic rings. The summed E-state index contributed by atoms with van der Waals surface area (Å²) in [5, 5.41) is 7.75. The molecule has 2 heterocycles. The summed E-state index contributed by atoms with van der Waals surface area (Å²) in [4.78, 5) is 12.9. The zero-order valence-corrected chi connectivity index (χ0v) is 20.1. The molecule has 1 aromatic heterocycles. The number of aromatic nitrogens is 1. The van der Waals surface area contributed by atoms with Crippen molar-refractivity contribution in [2.24, 2.45) is 13.0 Å². The fourth-order valence-corrected chi connectivity index (χ4v) is 4.26. The van der Waals surface area contributed by atoms with Crippen molar-refractivity contribution in [3.05, 3.63) is 59.3 Å². The summed E-state index contributed by atoms with van der Waals surface area (Å²) in [7, 11) is 2.09. The van der Waals surface area contributed by atoms with Gasteiger partial charge in [0.1, 0.15) is 12.4 Å². The Balaban J connectivity index is 1.42. The number of carbonyl (C=O) groups excluding carboxylic acids is 1. The number of amides is 1. The van der Waals surface area contributed by atoms with Crippen molar-refractivity contribution in [1.82, 2.24) is 9.88 Å². The highest BCUT2D eigenvalue weighted by atomic mass is 16.5. The molecule has 0 aliphatic carbocycles. The van der Waals surface area contributed by atoms with Crippen LogP contribution in [0.3, 0.4) is 0 Å². The SMILES string of the molecule is Cc1c(NC(=O)c2ccc(OC[C@@H]3CCCO3)cc2)ccc2c1cc(CNCC(C)C)n2C. The van der Waals surface area contributed by atoms with Crippen molar-refractivity contribution >= 4 is 22.5 Å². The van der Waals surface area contributed by atoms with E-state index < -0.39 is 0 Å². The molecule has 1 saturated heterocycles. The van der Waals surface area contributed by atoms with Crippen LogP contribution in [0.5, 0.6) is 5.75 Å². The molecule has 3 aromatic rings. The Morgan fingerprint density at radius 3 is 2.70 bits per heavy atom. The van der Waals surface area contributed by atoms with Gasteiger partial charge in [0.2, 0.25) is 0 Å². The van der Waals surface area contributed by atoms with E-state index >= 15 is 0 Å². The first-order valence-corrected chi connectivity index (χ1v) is 11.9. The molecule has 0 saturated carbocycles. The van der Waals surface area contributed by atoms with E-state index in [1.165, 1.54) is 11.2 Å². The molecule has 176 valence electrons. The lowest BCUT2D eigenvalue weighted by atomic mass is 10.1. The first kappa shape index (κ1) is 23.3. The normalized spacial score (nSPS) is 16.0. The van der Waals surface area contributed by atoms with Crippen molar-refractivity contribution in [1.29, 1.82) is 0 Å². The monoisotopic (exact) mass is 449 g/mol. The number of ether oxygens (including phenoxy) is 2. The van der Waals surface area contributed by atoms with Crippen LogP contribution in [0.1, 0.15) is 48.3 Å². The van der Waals surface area contributed by atoms with Crippen molar-refractivity contribution in [3.8, 4) is 5.75 Å². The minimum absolute atomic E-state index is 0.127. The Kier molecular flexibility index (Phi) is 7.36. The van der Waals surface area contributed by atoms with Crippen molar-refractivity contribution in [2.75, 3.05) is 25.1 Å². The fraction of sp³-hybridized carbons (Fsp3) is 0.444. The molecular weight excluding hydrogens is 414 g/mol. The first-order valence-electron chi connectivity index (χ1n) is 11.9. The van der Waals surface area contributed by atoms with Crippen molar-refractivity contribution in [3.63, 3.8) is 0 Å². The Morgan fingerprint density at radius 1 is 1.21 bits per heavy atom. The Labute approximate surface area is 196 Å². The molecule has 6 heteroatoms. The number of aryl methyl sites for hydroxylation is 2. The summed E-state index contributed by atoms with van der Waals surface area (Å²) in [6.07, 6.45) is 2.31. The van der Waals surface area contributed by atoms with Gasteiger partial charge >= 0.3 is 0 Å². The number of nitrogens with one attached hydrogen (secondary N) is 2. The number of fused-ring (bicyclic) bond motifs is 1. The Morgan fingerprint density at radius 2 is 2.00 bits per heavy atom. The molecule has 1 atom stereocenters. The summed E-state index contributed by atoms with van der Waals surface area (Å²) in [5.74, 6) is 1.24. The standard InChI is InChI=1S/C27H35N3O3/c1-18(2)15-28-16-21-14-24-19(3)25(11-12-26(24)30(21)4)29-27(31)20-7-9-22(10-8-20)33-17-23-6-5-13-32-23/h7-12,14,18,23,28H,5-6,13,15-17H2,1-4H3,(H,29,31)/t23-/m0/s1. The summed E-state index contributed by atoms with van der Waals surface area (Å²) in [6, 6.07) is 13.6. The first-order chi connectivity index (χ1) is 15.9. The van der Waals surface area contributed by atoms with Crippen molar-refractivity contribution in [2.45, 2.75) is 46.3 Å². The number of carbonyl (C=O) groups is 1. The lowest BCUT2D eigenvalue weighted by Gasteiger charge is -2.12. The van der Waals surface area contributed by atoms with Crippen LogP contribution in [0.2, 0.25) is 0 Å². The third kappa shape index (κ3) is 5.57. The largest absolute Gasteiger partial charge is 0.491 e. The third-order valence-corrected chi connectivity index (χ3v) is 6.28. The summed E-state index contributed by atoms with van der Waals surface area (Å²) in [5.41, 5.74) is 4.91. The van der Waals surface area contributed by atoms with Crippen molar-refractivity contribution < 1.29 is 14.3 Å². The second-order valence-corrected chi connectivity index (χ2v) is 9.31. The fourth-order valence-electron chi connectivity index (χ4n) is 4.26. The van der Waals surface area contributed by atoms with E-state index in [0.29, 0.717) is 18.1 Å². The van der Waals surface area contributed by atoms with E-state index in [0.717, 1.165) is 54.9 Å². The van der Waals surface area contributed by atoms with Crippen LogP contribution in [0.4, 0.5) is 5.69 Å². The molecule has 33 heavy (non-hydrogen) atoms. The van der Waals surface area contributed by atoms with Gasteiger partial charge in [-0.3, -0.25) is 4.79 Å². The molecule has 1 fully saturated rings. The van der Waals surface area contributed by atoms with E-state index in [1.807, 2.05) is 18.2 Å². The van der Waals surface area contributed by atoms with Gasteiger partial charge in [-0.1, -0.05) is 13.8 Å². The van der Waals surface area contributed by atoms with Crippen LogP contribution in [0, 0.1) is 12.8 Å². The second kappa shape index (κ2) is 10.4. The number of nitrogens with zero attached hydrogens (tertiary/aromatic N) is 1. The maximum atomic E-state index is 12.9. The average molecular weight is 450 g/mol. The van der Waals surface area contributed by atoms with Gasteiger partial charge in [-0.25, -0.2) is 0 Å². The molecule has 2 N–H and O–H groups in total. The van der Waals surface area contributed by atoms with Crippen LogP contribution in [-0.4, -0.2) is 36.3 Å². The highest BCUT2D eigenvalue weighted by Gasteiger charge is 2.16. The molecule has 0 bridgehead atoms. The highest BCUT2D eigenvalue weighted by molar-refractivity contribution is 6.06. The molecule has 0 unspecified atom stereocenters. The minimum Gasteiger partial charge on any atom is -0.491 e. The van der Waals surface area contributed by atoms with Gasteiger partial charge in [0.15, 0.2) is 0 Å². The number of hydrogen-bond acceptors (Lipinski definition) is 4. The van der Waals surface area contributed by atoms with E-state index in [9.17, 15) is 4.79 Å². The highest BCUT2D eigenvalue weighted by Crippen LogP contribution is 2.28. The van der Waals surface area contributed by atoms with E-state index in [-0.39, 0.29) is 12.0 Å². The summed E-state index contributed by atoms with van der Waals surface area (Å²) < 4.78 is 13.6. The summed E-state index contributed by atoms with van der Waals surface area (Å²) in [6.45, 7) is 9.66. The Hall–Kier alpha value is -2.83. The van der Waals surface area contributed by atoms with Crippen LogP contribution in [0.25, 0.3) is 10.9 Å². The molecular formula is C27H35N3O3. The average Bonchev–Trinajstić information content (AvgIpc) is 3.43. The zero-order chi connectivity index (χ0) is 23.4. The predicted octanol–water partition coefficient (Wildman–Crippen LogP) is 5.04. The lowest BCUT2D eigenvalue weighted by molar-refractivity contribution is 0.0679. The topological polar surface area (TPSA) is 64.5 Å². The molecule has 4 rings (SSSR count). The van der Waals surface area contributed by atoms with Crippen LogP contribution >= 0.6 is 0 Å². The maximum Gasteiger partial charge on any atom is 0.255 e. The van der Waals surface area contributed by atoms with Gasteiger partial charge in [-0.15, -0.1) is 0 Å². The third-order valence-electron chi connectivity index (χ3n) is 6.28.